The summed E-state index contributed by atoms with van der Waals surface area (Å²) >= 11 is 6.44. The molecule has 6 nitrogen and oxygen atoms in total. The molecular formula is C17H17Cl2FN4O2. The predicted octanol–water partition coefficient (Wildman–Crippen LogP) is 3.58. The molecule has 0 aliphatic carbocycles. The topological polar surface area (TPSA) is 93.9 Å². The molecule has 0 fully saturated rings. The number of halogens is 3. The number of nitrogens with two attached hydrogens (primary N) is 1. The maximum Gasteiger partial charge on any atom is 0.307 e. The number of nitrogens with one attached hydrogen (secondary N) is 1. The first kappa shape index (κ1) is 20.1. The first-order valence-corrected chi connectivity index (χ1v) is 7.86. The fourth-order valence-electron chi connectivity index (χ4n) is 2.60. The van der Waals surface area contributed by atoms with Crippen LogP contribution >= 0.6 is 24.0 Å². The number of pyridine rings is 1. The van der Waals surface area contributed by atoms with E-state index in [4.69, 9.17) is 17.3 Å². The van der Waals surface area contributed by atoms with Gasteiger partial charge >= 0.3 is 5.97 Å². The molecule has 3 rings (SSSR count). The van der Waals surface area contributed by atoms with Gasteiger partial charge in [0.1, 0.15) is 11.2 Å². The minimum absolute atomic E-state index is 0. The third-order valence-corrected chi connectivity index (χ3v) is 4.31. The number of benzene rings is 1. The zero-order chi connectivity index (χ0) is 18.2. The summed E-state index contributed by atoms with van der Waals surface area (Å²) in [6.45, 7) is 1.59. The lowest BCUT2D eigenvalue weighted by molar-refractivity contribution is -0.141. The van der Waals surface area contributed by atoms with Gasteiger partial charge in [0.2, 0.25) is 0 Å². The molecule has 0 saturated carbocycles. The summed E-state index contributed by atoms with van der Waals surface area (Å²) in [5.74, 6) is -0.713. The average molecular weight is 399 g/mol. The summed E-state index contributed by atoms with van der Waals surface area (Å²) in [5, 5.41) is 0.208. The molecule has 0 aliphatic heterocycles. The van der Waals surface area contributed by atoms with E-state index in [0.717, 1.165) is 0 Å². The predicted molar refractivity (Wildman–Crippen MR) is 99.7 cm³/mol. The van der Waals surface area contributed by atoms with Crippen LogP contribution in [0.1, 0.15) is 18.9 Å². The monoisotopic (exact) mass is 398 g/mol. The molecule has 2 aromatic heterocycles. The Labute approximate surface area is 160 Å². The number of esters is 1. The maximum absolute atomic E-state index is 14.6. The summed E-state index contributed by atoms with van der Waals surface area (Å²) in [4.78, 5) is 23.0. The quantitative estimate of drug-likeness (QED) is 0.655. The maximum atomic E-state index is 14.6. The molecule has 1 unspecified atom stereocenters. The Bertz CT molecular complexity index is 945. The van der Waals surface area contributed by atoms with Crippen molar-refractivity contribution in [1.82, 2.24) is 15.0 Å². The number of nitrogens with zero attached hydrogens (tertiary/aromatic N) is 2. The SMILES string of the molecule is COC(=O)CC(C)(N)c1cc(F)c2nc(-c3ccccn3)[nH]c2c1Cl.Cl. The summed E-state index contributed by atoms with van der Waals surface area (Å²) in [6, 6.07) is 6.52. The standard InChI is InChI=1S/C17H16ClFN4O2.ClH/c1-17(20,8-12(24)25-2)9-7-10(19)14-15(13(9)18)23-16(22-14)11-5-3-4-6-21-11;/h3-7H,8,20H2,1-2H3,(H,22,23);1H. The number of carbonyl (C=O) groups excluding carboxylic acids is 1. The van der Waals surface area contributed by atoms with Crippen molar-refractivity contribution >= 4 is 41.0 Å². The van der Waals surface area contributed by atoms with Gasteiger partial charge < -0.3 is 15.5 Å². The molecule has 1 atom stereocenters. The number of aromatic nitrogens is 3. The highest BCUT2D eigenvalue weighted by atomic mass is 35.5. The molecule has 3 N–H and O–H groups in total. The van der Waals surface area contributed by atoms with Crippen LogP contribution < -0.4 is 5.73 Å². The Hall–Kier alpha value is -2.22. The Morgan fingerprint density at radius 3 is 2.81 bits per heavy atom. The van der Waals surface area contributed by atoms with Crippen molar-refractivity contribution in [3.05, 3.63) is 46.9 Å². The number of imidazole rings is 1. The van der Waals surface area contributed by atoms with Gasteiger partial charge in [-0.05, 0) is 30.7 Å². The van der Waals surface area contributed by atoms with Crippen molar-refractivity contribution in [2.24, 2.45) is 5.73 Å². The summed E-state index contributed by atoms with van der Waals surface area (Å²) in [7, 11) is 1.26. The summed E-state index contributed by atoms with van der Waals surface area (Å²) < 4.78 is 19.2. The number of rotatable bonds is 4. The number of methoxy groups -OCH3 is 1. The number of fused-ring (bicyclic) bond motifs is 1. The normalized spacial score (nSPS) is 13.1. The van der Waals surface area contributed by atoms with Crippen molar-refractivity contribution in [1.29, 1.82) is 0 Å². The summed E-state index contributed by atoms with van der Waals surface area (Å²) in [6.07, 6.45) is 1.47. The van der Waals surface area contributed by atoms with E-state index in [-0.39, 0.29) is 29.4 Å². The molecule has 0 spiro atoms. The molecule has 0 saturated heterocycles. The largest absolute Gasteiger partial charge is 0.469 e. The van der Waals surface area contributed by atoms with Crippen molar-refractivity contribution in [2.45, 2.75) is 18.9 Å². The van der Waals surface area contributed by atoms with E-state index in [1.54, 1.807) is 31.3 Å². The second-order valence-electron chi connectivity index (χ2n) is 5.91. The van der Waals surface area contributed by atoms with Gasteiger partial charge in [0, 0.05) is 6.20 Å². The molecule has 2 heterocycles. The molecule has 0 bridgehead atoms. The molecular weight excluding hydrogens is 382 g/mol. The molecule has 0 radical (unpaired) electrons. The van der Waals surface area contributed by atoms with E-state index in [9.17, 15) is 9.18 Å². The lowest BCUT2D eigenvalue weighted by Gasteiger charge is -2.25. The fourth-order valence-corrected chi connectivity index (χ4v) is 3.01. The first-order valence-electron chi connectivity index (χ1n) is 7.49. The minimum atomic E-state index is -1.20. The zero-order valence-electron chi connectivity index (χ0n) is 14.0. The third-order valence-electron chi connectivity index (χ3n) is 3.92. The lowest BCUT2D eigenvalue weighted by atomic mass is 9.89. The van der Waals surface area contributed by atoms with E-state index in [2.05, 4.69) is 19.7 Å². The number of H-pyrrole nitrogens is 1. The van der Waals surface area contributed by atoms with Crippen molar-refractivity contribution in [2.75, 3.05) is 7.11 Å². The van der Waals surface area contributed by atoms with E-state index in [1.165, 1.54) is 13.2 Å². The van der Waals surface area contributed by atoms with E-state index >= 15 is 0 Å². The van der Waals surface area contributed by atoms with Gasteiger partial charge in [-0.1, -0.05) is 17.7 Å². The molecule has 0 aliphatic rings. The van der Waals surface area contributed by atoms with Gasteiger partial charge in [-0.15, -0.1) is 12.4 Å². The number of aromatic amines is 1. The molecule has 26 heavy (non-hydrogen) atoms. The Balaban J connectivity index is 0.00000243. The Kier molecular flexibility index (Phi) is 5.85. The van der Waals surface area contributed by atoms with Gasteiger partial charge in [-0.3, -0.25) is 9.78 Å². The minimum Gasteiger partial charge on any atom is -0.469 e. The van der Waals surface area contributed by atoms with E-state index in [0.29, 0.717) is 22.6 Å². The zero-order valence-corrected chi connectivity index (χ0v) is 15.6. The molecule has 9 heteroatoms. The lowest BCUT2D eigenvalue weighted by Crippen LogP contribution is -2.36. The van der Waals surface area contributed by atoms with Crippen LogP contribution in [0.15, 0.2) is 30.5 Å². The van der Waals surface area contributed by atoms with Gasteiger partial charge in [-0.25, -0.2) is 9.37 Å². The Morgan fingerprint density at radius 1 is 1.46 bits per heavy atom. The molecule has 1 aromatic carbocycles. The van der Waals surface area contributed by atoms with Crippen LogP contribution in [0.3, 0.4) is 0 Å². The average Bonchev–Trinajstić information content (AvgIpc) is 3.04. The van der Waals surface area contributed by atoms with Crippen LogP contribution in [0.4, 0.5) is 4.39 Å². The molecule has 138 valence electrons. The van der Waals surface area contributed by atoms with Crippen LogP contribution in [0, 0.1) is 5.82 Å². The second-order valence-corrected chi connectivity index (χ2v) is 6.29. The van der Waals surface area contributed by atoms with Crippen LogP contribution in [-0.4, -0.2) is 28.0 Å². The van der Waals surface area contributed by atoms with Crippen LogP contribution in [0.2, 0.25) is 5.02 Å². The van der Waals surface area contributed by atoms with Crippen LogP contribution in [0.25, 0.3) is 22.6 Å². The van der Waals surface area contributed by atoms with Gasteiger partial charge in [0.25, 0.3) is 0 Å². The Morgan fingerprint density at radius 2 is 2.19 bits per heavy atom. The highest BCUT2D eigenvalue weighted by Crippen LogP contribution is 2.36. The fraction of sp³-hybridized carbons (Fsp3) is 0.235. The highest BCUT2D eigenvalue weighted by Gasteiger charge is 2.30. The third kappa shape index (κ3) is 3.65. The van der Waals surface area contributed by atoms with Gasteiger partial charge in [0.15, 0.2) is 11.6 Å². The molecule has 3 aromatic rings. The number of hydrogen-bond acceptors (Lipinski definition) is 5. The highest BCUT2D eigenvalue weighted by molar-refractivity contribution is 6.36. The van der Waals surface area contributed by atoms with Crippen molar-refractivity contribution in [3.63, 3.8) is 0 Å². The number of carbonyl (C=O) groups is 1. The van der Waals surface area contributed by atoms with Gasteiger partial charge in [0.05, 0.1) is 29.6 Å². The van der Waals surface area contributed by atoms with Gasteiger partial charge in [-0.2, -0.15) is 0 Å². The van der Waals surface area contributed by atoms with Crippen LogP contribution in [0.5, 0.6) is 0 Å². The van der Waals surface area contributed by atoms with Crippen LogP contribution in [-0.2, 0) is 15.1 Å². The smallest absolute Gasteiger partial charge is 0.307 e. The van der Waals surface area contributed by atoms with Crippen molar-refractivity contribution < 1.29 is 13.9 Å². The van der Waals surface area contributed by atoms with E-state index < -0.39 is 17.3 Å². The number of ether oxygens (including phenoxy) is 1. The first-order chi connectivity index (χ1) is 11.8. The second kappa shape index (κ2) is 7.57. The summed E-state index contributed by atoms with van der Waals surface area (Å²) in [5.41, 5.74) is 6.24. The molecule has 0 amide bonds. The van der Waals surface area contributed by atoms with E-state index in [1.807, 2.05) is 0 Å². The number of hydrogen-bond donors (Lipinski definition) is 2. The van der Waals surface area contributed by atoms with Crippen molar-refractivity contribution in [3.8, 4) is 11.5 Å².